The van der Waals surface area contributed by atoms with Crippen LogP contribution in [-0.4, -0.2) is 52.1 Å². The van der Waals surface area contributed by atoms with Gasteiger partial charge in [0.2, 0.25) is 0 Å². The van der Waals surface area contributed by atoms with Crippen LogP contribution in [0.1, 0.15) is 56.1 Å². The topological polar surface area (TPSA) is 148 Å². The lowest BCUT2D eigenvalue weighted by molar-refractivity contribution is -0.386. The molecule has 0 saturated carbocycles. The Morgan fingerprint density at radius 3 is 2.46 bits per heavy atom. The molecule has 10 nitrogen and oxygen atoms in total. The average Bonchev–Trinajstić information content (AvgIpc) is 2.59. The molecule has 2 unspecified atom stereocenters. The Bertz CT molecular complexity index is 714. The molecule has 10 heteroatoms. The molecule has 0 radical (unpaired) electrons. The number of carbonyl (C=O) groups excluding carboxylic acids is 2. The Morgan fingerprint density at radius 1 is 1.29 bits per heavy atom. The quantitative estimate of drug-likeness (QED) is 0.342. The van der Waals surface area contributed by atoms with Gasteiger partial charge < -0.3 is 25.0 Å². The average molecular weight is 398 g/mol. The van der Waals surface area contributed by atoms with Crippen LogP contribution >= 0.6 is 0 Å². The Balaban J connectivity index is 2.81. The fraction of sp³-hybridized carbons (Fsp3) is 0.556. The van der Waals surface area contributed by atoms with Gasteiger partial charge in [0.25, 0.3) is 5.69 Å². The van der Waals surface area contributed by atoms with E-state index in [2.05, 4.69) is 5.32 Å². The maximum Gasteiger partial charge on any atom is 0.407 e. The van der Waals surface area contributed by atoms with Crippen molar-refractivity contribution in [2.75, 3.05) is 13.2 Å². The number of amides is 1. The van der Waals surface area contributed by atoms with Crippen molar-refractivity contribution < 1.29 is 34.2 Å². The molecular weight excluding hydrogens is 372 g/mol. The summed E-state index contributed by atoms with van der Waals surface area (Å²) >= 11 is 0. The fourth-order valence-electron chi connectivity index (χ4n) is 2.29. The van der Waals surface area contributed by atoms with Gasteiger partial charge in [0.1, 0.15) is 11.7 Å². The molecular formula is C18H26N2O8. The Morgan fingerprint density at radius 2 is 1.93 bits per heavy atom. The number of nitrogens with one attached hydrogen (secondary N) is 1. The summed E-state index contributed by atoms with van der Waals surface area (Å²) in [5, 5.41) is 34.1. The van der Waals surface area contributed by atoms with Crippen molar-refractivity contribution in [2.45, 2.75) is 51.9 Å². The number of esters is 1. The number of hydrogen-bond donors (Lipinski definition) is 3. The van der Waals surface area contributed by atoms with Crippen LogP contribution in [0.25, 0.3) is 0 Å². The third kappa shape index (κ3) is 7.12. The number of nitrogens with zero attached hydrogens (tertiary/aromatic N) is 1. The molecule has 1 aromatic carbocycles. The molecule has 1 rings (SSSR count). The molecule has 0 aliphatic heterocycles. The second kappa shape index (κ2) is 10.00. The minimum absolute atomic E-state index is 0.0121. The van der Waals surface area contributed by atoms with E-state index >= 15 is 0 Å². The molecule has 1 amide bonds. The minimum atomic E-state index is -1.59. The summed E-state index contributed by atoms with van der Waals surface area (Å²) in [4.78, 5) is 33.8. The van der Waals surface area contributed by atoms with Crippen LogP contribution in [-0.2, 0) is 9.47 Å². The highest BCUT2D eigenvalue weighted by atomic mass is 16.6. The molecule has 0 fully saturated rings. The lowest BCUT2D eigenvalue weighted by atomic mass is 9.98. The monoisotopic (exact) mass is 398 g/mol. The van der Waals surface area contributed by atoms with Crippen molar-refractivity contribution in [1.82, 2.24) is 5.32 Å². The van der Waals surface area contributed by atoms with Gasteiger partial charge in [-0.25, -0.2) is 9.59 Å². The fourth-order valence-corrected chi connectivity index (χ4v) is 2.29. The van der Waals surface area contributed by atoms with Crippen molar-refractivity contribution in [3.05, 3.63) is 39.4 Å². The van der Waals surface area contributed by atoms with Crippen LogP contribution in [0.15, 0.2) is 18.2 Å². The van der Waals surface area contributed by atoms with Crippen LogP contribution in [0.4, 0.5) is 10.5 Å². The zero-order chi connectivity index (χ0) is 21.5. The zero-order valence-corrected chi connectivity index (χ0v) is 16.3. The molecule has 28 heavy (non-hydrogen) atoms. The summed E-state index contributed by atoms with van der Waals surface area (Å²) in [5.41, 5.74) is -1.38. The predicted molar refractivity (Wildman–Crippen MR) is 98.9 cm³/mol. The largest absolute Gasteiger partial charge is 0.462 e. The minimum Gasteiger partial charge on any atom is -0.462 e. The Labute approximate surface area is 162 Å². The lowest BCUT2D eigenvalue weighted by Gasteiger charge is -2.21. The van der Waals surface area contributed by atoms with Crippen molar-refractivity contribution in [3.8, 4) is 0 Å². The Kier molecular flexibility index (Phi) is 8.33. The number of rotatable bonds is 8. The van der Waals surface area contributed by atoms with E-state index in [1.165, 1.54) is 12.1 Å². The number of benzene rings is 1. The molecule has 0 aromatic heterocycles. The molecule has 3 N–H and O–H groups in total. The van der Waals surface area contributed by atoms with Crippen LogP contribution in [0.3, 0.4) is 0 Å². The van der Waals surface area contributed by atoms with E-state index in [1.807, 2.05) is 0 Å². The standard InChI is InChI=1S/C18H26N2O8/c1-5-27-16(23)11-6-7-12(13(10-11)20(25)26)15(22)14(21)8-9-19-17(24)28-18(2,3)4/h6-7,10,14-15,21-22H,5,8-9H2,1-4H3,(H,19,24). The third-order valence-corrected chi connectivity index (χ3v) is 3.53. The van der Waals surface area contributed by atoms with Gasteiger partial charge in [0.15, 0.2) is 0 Å². The van der Waals surface area contributed by atoms with E-state index < -0.39 is 40.5 Å². The van der Waals surface area contributed by atoms with Gasteiger partial charge in [-0.1, -0.05) is 0 Å². The first-order valence-corrected chi connectivity index (χ1v) is 8.74. The van der Waals surface area contributed by atoms with Gasteiger partial charge in [-0.3, -0.25) is 10.1 Å². The van der Waals surface area contributed by atoms with Crippen molar-refractivity contribution in [2.24, 2.45) is 0 Å². The normalized spacial score (nSPS) is 13.4. The van der Waals surface area contributed by atoms with E-state index in [9.17, 15) is 29.9 Å². The van der Waals surface area contributed by atoms with E-state index in [-0.39, 0.29) is 30.7 Å². The van der Waals surface area contributed by atoms with Crippen molar-refractivity contribution in [1.29, 1.82) is 0 Å². The second-order valence-electron chi connectivity index (χ2n) is 6.98. The first-order valence-electron chi connectivity index (χ1n) is 8.74. The molecule has 156 valence electrons. The molecule has 0 spiro atoms. The van der Waals surface area contributed by atoms with Gasteiger partial charge in [-0.2, -0.15) is 0 Å². The van der Waals surface area contributed by atoms with E-state index in [0.29, 0.717) is 0 Å². The number of nitro groups is 1. The first kappa shape index (κ1) is 23.3. The summed E-state index contributed by atoms with van der Waals surface area (Å²) in [6.45, 7) is 6.80. The highest BCUT2D eigenvalue weighted by molar-refractivity contribution is 5.90. The molecule has 0 saturated heterocycles. The summed E-state index contributed by atoms with van der Waals surface area (Å²) in [6, 6.07) is 3.46. The highest BCUT2D eigenvalue weighted by Gasteiger charge is 2.28. The van der Waals surface area contributed by atoms with Gasteiger partial charge in [0, 0.05) is 12.6 Å². The molecule has 2 atom stereocenters. The number of aliphatic hydroxyl groups excluding tert-OH is 2. The summed E-state index contributed by atoms with van der Waals surface area (Å²) in [5.74, 6) is -0.728. The number of nitro benzene ring substituents is 1. The number of alkyl carbamates (subject to hydrolysis) is 1. The molecule has 0 heterocycles. The van der Waals surface area contributed by atoms with Crippen LogP contribution < -0.4 is 5.32 Å². The number of hydrogen-bond acceptors (Lipinski definition) is 8. The third-order valence-electron chi connectivity index (χ3n) is 3.53. The van der Waals surface area contributed by atoms with Gasteiger partial charge in [0.05, 0.1) is 28.8 Å². The van der Waals surface area contributed by atoms with Crippen molar-refractivity contribution in [3.63, 3.8) is 0 Å². The summed E-state index contributed by atoms with van der Waals surface area (Å²) < 4.78 is 9.84. The van der Waals surface area contributed by atoms with Crippen molar-refractivity contribution >= 4 is 17.7 Å². The van der Waals surface area contributed by atoms with Gasteiger partial charge in [-0.15, -0.1) is 0 Å². The van der Waals surface area contributed by atoms with E-state index in [1.54, 1.807) is 27.7 Å². The van der Waals surface area contributed by atoms with Gasteiger partial charge >= 0.3 is 12.1 Å². The number of aliphatic hydroxyl groups is 2. The first-order chi connectivity index (χ1) is 13.0. The SMILES string of the molecule is CCOC(=O)c1ccc(C(O)C(O)CCNC(=O)OC(C)(C)C)c([N+](=O)[O-])c1. The highest BCUT2D eigenvalue weighted by Crippen LogP contribution is 2.29. The predicted octanol–water partition coefficient (Wildman–Crippen LogP) is 2.08. The van der Waals surface area contributed by atoms with E-state index in [0.717, 1.165) is 6.07 Å². The molecule has 0 aliphatic rings. The maximum atomic E-state index is 11.7. The Hall–Kier alpha value is -2.72. The lowest BCUT2D eigenvalue weighted by Crippen LogP contribution is -2.34. The van der Waals surface area contributed by atoms with E-state index in [4.69, 9.17) is 9.47 Å². The zero-order valence-electron chi connectivity index (χ0n) is 16.3. The summed E-state index contributed by atoms with van der Waals surface area (Å²) in [7, 11) is 0. The number of ether oxygens (including phenoxy) is 2. The molecule has 1 aromatic rings. The maximum absolute atomic E-state index is 11.7. The van der Waals surface area contributed by atoms with Crippen LogP contribution in [0.5, 0.6) is 0 Å². The van der Waals surface area contributed by atoms with Crippen LogP contribution in [0.2, 0.25) is 0 Å². The van der Waals surface area contributed by atoms with Crippen LogP contribution in [0, 0.1) is 10.1 Å². The van der Waals surface area contributed by atoms with Gasteiger partial charge in [-0.05, 0) is 46.2 Å². The molecule has 0 aliphatic carbocycles. The number of carbonyl (C=O) groups is 2. The smallest absolute Gasteiger partial charge is 0.407 e. The summed E-state index contributed by atoms with van der Waals surface area (Å²) in [6.07, 6.45) is -3.73. The second-order valence-corrected chi connectivity index (χ2v) is 6.98. The molecule has 0 bridgehead atoms.